The number of carbonyl (C=O) groups is 1. The van der Waals surface area contributed by atoms with E-state index in [0.29, 0.717) is 5.13 Å². The lowest BCUT2D eigenvalue weighted by Crippen LogP contribution is -2.11. The molecular weight excluding hydrogens is 397 g/mol. The second-order valence-corrected chi connectivity index (χ2v) is 6.17. The fourth-order valence-electron chi connectivity index (χ4n) is 1.62. The summed E-state index contributed by atoms with van der Waals surface area (Å²) in [4.78, 5) is 23.9. The summed E-state index contributed by atoms with van der Waals surface area (Å²) in [6.45, 7) is 1.75. The summed E-state index contributed by atoms with van der Waals surface area (Å²) < 4.78 is 4.92. The van der Waals surface area contributed by atoms with Gasteiger partial charge < -0.3 is 9.84 Å². The highest BCUT2D eigenvalue weighted by molar-refractivity contribution is 7.13. The Bertz CT molecular complexity index is 784. The highest BCUT2D eigenvalue weighted by atomic mass is 35.5. The smallest absolute Gasteiger partial charge is 0.343 e. The normalized spacial score (nSPS) is 12.3. The Kier molecular flexibility index (Phi) is 6.56. The number of nitrogens with zero attached hydrogens (tertiary/aromatic N) is 3. The molecule has 0 aliphatic rings. The van der Waals surface area contributed by atoms with E-state index < -0.39 is 11.7 Å². The van der Waals surface area contributed by atoms with Gasteiger partial charge in [-0.2, -0.15) is 0 Å². The van der Waals surface area contributed by atoms with E-state index in [1.54, 1.807) is 18.5 Å². The van der Waals surface area contributed by atoms with Crippen LogP contribution in [0.2, 0.25) is 15.3 Å². The zero-order chi connectivity index (χ0) is 17.7. The van der Waals surface area contributed by atoms with Crippen molar-refractivity contribution in [3.8, 4) is 0 Å². The maximum atomic E-state index is 12.1. The number of hydrogen-bond acceptors (Lipinski definition) is 7. The Balaban J connectivity index is 2.55. The monoisotopic (exact) mass is 405 g/mol. The van der Waals surface area contributed by atoms with Gasteiger partial charge in [-0.1, -0.05) is 34.8 Å². The zero-order valence-electron chi connectivity index (χ0n) is 12.2. The Labute approximate surface area is 156 Å². The molecule has 0 radical (unpaired) electrons. The van der Waals surface area contributed by atoms with Gasteiger partial charge >= 0.3 is 5.97 Å². The summed E-state index contributed by atoms with van der Waals surface area (Å²) in [6.07, 6.45) is 2.69. The van der Waals surface area contributed by atoms with Crippen molar-refractivity contribution in [2.45, 2.75) is 6.92 Å². The highest BCUT2D eigenvalue weighted by Gasteiger charge is 2.22. The minimum absolute atomic E-state index is 0.0296. The molecule has 24 heavy (non-hydrogen) atoms. The molecule has 2 aromatic heterocycles. The summed E-state index contributed by atoms with van der Waals surface area (Å²) in [5.41, 5.74) is -0.281. The topological polar surface area (TPSA) is 84.7 Å². The first-order chi connectivity index (χ1) is 11.4. The highest BCUT2D eigenvalue weighted by Crippen LogP contribution is 2.32. The summed E-state index contributed by atoms with van der Waals surface area (Å²) in [5.74, 6) is -1.31. The molecule has 1 N–H and O–H groups in total. The molecule has 2 heterocycles. The Hall–Kier alpha value is -1.67. The van der Waals surface area contributed by atoms with Gasteiger partial charge in [-0.3, -0.25) is 0 Å². The molecule has 0 aliphatic heterocycles. The van der Waals surface area contributed by atoms with Crippen molar-refractivity contribution in [2.75, 3.05) is 6.61 Å². The molecule has 0 atom stereocenters. The third-order valence-corrected chi connectivity index (χ3v) is 4.05. The van der Waals surface area contributed by atoms with Crippen molar-refractivity contribution in [1.82, 2.24) is 9.97 Å². The number of pyridine rings is 1. The molecule has 0 spiro atoms. The first kappa shape index (κ1) is 18.7. The van der Waals surface area contributed by atoms with Crippen LogP contribution in [0.5, 0.6) is 0 Å². The van der Waals surface area contributed by atoms with Crippen LogP contribution in [0.4, 0.5) is 5.13 Å². The van der Waals surface area contributed by atoms with Gasteiger partial charge in [0.2, 0.25) is 5.13 Å². The van der Waals surface area contributed by atoms with E-state index in [1.165, 1.54) is 17.4 Å². The number of aliphatic imine (C=N–C) groups is 1. The number of carbonyl (C=O) groups excluding carboxylic acids is 1. The van der Waals surface area contributed by atoms with Crippen LogP contribution in [0.25, 0.3) is 5.76 Å². The maximum absolute atomic E-state index is 12.1. The molecule has 2 rings (SSSR count). The fourth-order valence-corrected chi connectivity index (χ4v) is 3.01. The van der Waals surface area contributed by atoms with Crippen molar-refractivity contribution in [2.24, 2.45) is 4.99 Å². The van der Waals surface area contributed by atoms with Crippen molar-refractivity contribution in [3.05, 3.63) is 44.1 Å². The SMILES string of the molecule is CCOC(=O)C(C=Nc1nccs1)=C(O)c1c(Cl)cc(Cl)nc1Cl. The largest absolute Gasteiger partial charge is 0.506 e. The van der Waals surface area contributed by atoms with Crippen molar-refractivity contribution >= 4 is 69.2 Å². The zero-order valence-corrected chi connectivity index (χ0v) is 15.2. The van der Waals surface area contributed by atoms with Crippen molar-refractivity contribution in [3.63, 3.8) is 0 Å². The average Bonchev–Trinajstić information content (AvgIpc) is 3.00. The van der Waals surface area contributed by atoms with E-state index in [1.807, 2.05) is 0 Å². The van der Waals surface area contributed by atoms with Crippen LogP contribution in [0.15, 0.2) is 28.2 Å². The maximum Gasteiger partial charge on any atom is 0.343 e. The molecule has 0 aromatic carbocycles. The second kappa shape index (κ2) is 8.43. The molecule has 0 fully saturated rings. The lowest BCUT2D eigenvalue weighted by Gasteiger charge is -2.09. The standard InChI is InChI=1S/C14H10Cl3N3O3S/c1-2-23-13(22)7(6-19-14-18-3-4-24-14)11(21)10-8(15)5-9(16)20-12(10)17/h3-6,21H,2H2,1H3. The van der Waals surface area contributed by atoms with E-state index in [9.17, 15) is 9.90 Å². The third-order valence-electron chi connectivity index (χ3n) is 2.61. The van der Waals surface area contributed by atoms with E-state index >= 15 is 0 Å². The van der Waals surface area contributed by atoms with E-state index in [4.69, 9.17) is 39.5 Å². The van der Waals surface area contributed by atoms with Crippen LogP contribution in [0.1, 0.15) is 12.5 Å². The van der Waals surface area contributed by atoms with Crippen LogP contribution in [-0.2, 0) is 9.53 Å². The van der Waals surface area contributed by atoms with Crippen LogP contribution < -0.4 is 0 Å². The second-order valence-electron chi connectivity index (χ2n) is 4.15. The molecule has 0 aliphatic carbocycles. The molecule has 0 amide bonds. The Morgan fingerprint density at radius 2 is 2.21 bits per heavy atom. The van der Waals surface area contributed by atoms with Gasteiger partial charge in [-0.15, -0.1) is 11.3 Å². The van der Waals surface area contributed by atoms with Gasteiger partial charge in [0.1, 0.15) is 21.6 Å². The van der Waals surface area contributed by atoms with Gasteiger partial charge in [-0.25, -0.2) is 19.8 Å². The average molecular weight is 407 g/mol. The lowest BCUT2D eigenvalue weighted by molar-refractivity contribution is -0.137. The minimum atomic E-state index is -0.794. The van der Waals surface area contributed by atoms with Crippen LogP contribution >= 0.6 is 46.1 Å². The first-order valence-electron chi connectivity index (χ1n) is 6.49. The number of rotatable bonds is 5. The molecule has 0 bridgehead atoms. The fraction of sp³-hybridized carbons (Fsp3) is 0.143. The summed E-state index contributed by atoms with van der Waals surface area (Å²) in [5, 5.41) is 12.5. The van der Waals surface area contributed by atoms with Crippen LogP contribution in [0, 0.1) is 0 Å². The summed E-state index contributed by atoms with van der Waals surface area (Å²) >= 11 is 19.0. The number of hydrogen-bond donors (Lipinski definition) is 1. The Morgan fingerprint density at radius 3 is 2.79 bits per heavy atom. The lowest BCUT2D eigenvalue weighted by atomic mass is 10.1. The molecule has 6 nitrogen and oxygen atoms in total. The molecule has 126 valence electrons. The van der Waals surface area contributed by atoms with Crippen LogP contribution in [-0.4, -0.2) is 33.9 Å². The number of aliphatic hydroxyl groups excluding tert-OH is 1. The van der Waals surface area contributed by atoms with Gasteiger partial charge in [0.15, 0.2) is 0 Å². The van der Waals surface area contributed by atoms with Gasteiger partial charge in [0.25, 0.3) is 0 Å². The van der Waals surface area contributed by atoms with E-state index in [0.717, 1.165) is 6.21 Å². The van der Waals surface area contributed by atoms with E-state index in [2.05, 4.69) is 15.0 Å². The molecular formula is C14H10Cl3N3O3S. The third kappa shape index (κ3) is 4.45. The first-order valence-corrected chi connectivity index (χ1v) is 8.51. The predicted octanol–water partition coefficient (Wildman–Crippen LogP) is 4.73. The minimum Gasteiger partial charge on any atom is -0.506 e. The van der Waals surface area contributed by atoms with Crippen molar-refractivity contribution < 1.29 is 14.6 Å². The number of aromatic nitrogens is 2. The molecule has 2 aromatic rings. The quantitative estimate of drug-likeness (QED) is 0.255. The van der Waals surface area contributed by atoms with E-state index in [-0.39, 0.29) is 33.1 Å². The molecule has 0 unspecified atom stereocenters. The summed E-state index contributed by atoms with van der Waals surface area (Å²) in [6, 6.07) is 1.29. The Morgan fingerprint density at radius 1 is 1.46 bits per heavy atom. The van der Waals surface area contributed by atoms with Gasteiger partial charge in [-0.05, 0) is 13.0 Å². The number of ether oxygens (including phenoxy) is 1. The van der Waals surface area contributed by atoms with Crippen molar-refractivity contribution in [1.29, 1.82) is 0 Å². The number of thiazole rings is 1. The number of halogens is 3. The molecule has 0 saturated heterocycles. The molecule has 0 saturated carbocycles. The van der Waals surface area contributed by atoms with Gasteiger partial charge in [0, 0.05) is 17.8 Å². The molecule has 10 heteroatoms. The van der Waals surface area contributed by atoms with Gasteiger partial charge in [0.05, 0.1) is 17.2 Å². The van der Waals surface area contributed by atoms with Crippen LogP contribution in [0.3, 0.4) is 0 Å². The number of aliphatic hydroxyl groups is 1. The predicted molar refractivity (Wildman–Crippen MR) is 95.7 cm³/mol. The summed E-state index contributed by atoms with van der Waals surface area (Å²) in [7, 11) is 0. The number of esters is 1.